The highest BCUT2D eigenvalue weighted by molar-refractivity contribution is 5.90. The van der Waals surface area contributed by atoms with Gasteiger partial charge in [-0.25, -0.2) is 4.79 Å². The van der Waals surface area contributed by atoms with Gasteiger partial charge in [-0.1, -0.05) is 19.4 Å². The summed E-state index contributed by atoms with van der Waals surface area (Å²) >= 11 is 0. The van der Waals surface area contributed by atoms with Crippen molar-refractivity contribution in [2.75, 3.05) is 6.61 Å². The van der Waals surface area contributed by atoms with E-state index in [1.165, 1.54) is 0 Å². The van der Waals surface area contributed by atoms with Crippen LogP contribution in [0.4, 0.5) is 0 Å². The number of ether oxygens (including phenoxy) is 1. The summed E-state index contributed by atoms with van der Waals surface area (Å²) in [5.74, 6) is -0.475. The van der Waals surface area contributed by atoms with E-state index in [9.17, 15) is 4.79 Å². The van der Waals surface area contributed by atoms with Crippen molar-refractivity contribution in [2.24, 2.45) is 0 Å². The van der Waals surface area contributed by atoms with Gasteiger partial charge in [-0.15, -0.1) is 0 Å². The molecule has 0 amide bonds. The lowest BCUT2D eigenvalue weighted by Crippen LogP contribution is -2.04. The number of hydrogen-bond donors (Lipinski definition) is 1. The number of unbranched alkanes of at least 4 members (excludes halogenated alkanes) is 1. The van der Waals surface area contributed by atoms with Gasteiger partial charge in [-0.3, -0.25) is 0 Å². The van der Waals surface area contributed by atoms with E-state index in [2.05, 4.69) is 6.92 Å². The predicted molar refractivity (Wildman–Crippen MR) is 58.5 cm³/mol. The molecular formula is C12H16O3. The third-order valence-corrected chi connectivity index (χ3v) is 2.12. The Kier molecular flexibility index (Phi) is 4.16. The van der Waals surface area contributed by atoms with E-state index in [4.69, 9.17) is 9.84 Å². The first-order valence-corrected chi connectivity index (χ1v) is 5.12. The Morgan fingerprint density at radius 3 is 2.80 bits per heavy atom. The SMILES string of the molecule is CCCCOc1cc(C)ccc1C(=O)O. The molecule has 3 heteroatoms. The maximum absolute atomic E-state index is 10.9. The zero-order chi connectivity index (χ0) is 11.3. The lowest BCUT2D eigenvalue weighted by Gasteiger charge is -2.09. The molecule has 15 heavy (non-hydrogen) atoms. The Bertz CT molecular complexity index is 345. The molecule has 0 atom stereocenters. The van der Waals surface area contributed by atoms with Crippen LogP contribution in [0.2, 0.25) is 0 Å². The van der Waals surface area contributed by atoms with Crippen LogP contribution in [0.25, 0.3) is 0 Å². The summed E-state index contributed by atoms with van der Waals surface area (Å²) in [6.45, 7) is 4.55. The maximum Gasteiger partial charge on any atom is 0.339 e. The minimum atomic E-state index is -0.943. The maximum atomic E-state index is 10.9. The average molecular weight is 208 g/mol. The topological polar surface area (TPSA) is 46.5 Å². The first-order valence-electron chi connectivity index (χ1n) is 5.12. The highest BCUT2D eigenvalue weighted by Crippen LogP contribution is 2.20. The first-order chi connectivity index (χ1) is 7.15. The van der Waals surface area contributed by atoms with Crippen LogP contribution in [0.5, 0.6) is 5.75 Å². The Balaban J connectivity index is 2.82. The van der Waals surface area contributed by atoms with E-state index in [0.717, 1.165) is 18.4 Å². The molecular weight excluding hydrogens is 192 g/mol. The van der Waals surface area contributed by atoms with Crippen LogP contribution in [0.1, 0.15) is 35.7 Å². The van der Waals surface area contributed by atoms with Gasteiger partial charge in [0, 0.05) is 0 Å². The van der Waals surface area contributed by atoms with E-state index >= 15 is 0 Å². The van der Waals surface area contributed by atoms with Crippen molar-refractivity contribution in [1.29, 1.82) is 0 Å². The van der Waals surface area contributed by atoms with E-state index in [1.54, 1.807) is 18.2 Å². The van der Waals surface area contributed by atoms with Gasteiger partial charge in [0.1, 0.15) is 11.3 Å². The molecule has 0 saturated heterocycles. The number of rotatable bonds is 5. The molecule has 0 spiro atoms. The number of carboxylic acids is 1. The summed E-state index contributed by atoms with van der Waals surface area (Å²) in [6, 6.07) is 5.12. The Morgan fingerprint density at radius 1 is 1.47 bits per heavy atom. The molecule has 0 radical (unpaired) electrons. The largest absolute Gasteiger partial charge is 0.493 e. The quantitative estimate of drug-likeness (QED) is 0.757. The van der Waals surface area contributed by atoms with Crippen molar-refractivity contribution in [2.45, 2.75) is 26.7 Å². The number of benzene rings is 1. The van der Waals surface area contributed by atoms with Crippen LogP contribution in [0, 0.1) is 6.92 Å². The van der Waals surface area contributed by atoms with Crippen molar-refractivity contribution in [3.63, 3.8) is 0 Å². The lowest BCUT2D eigenvalue weighted by molar-refractivity contribution is 0.0692. The molecule has 0 bridgehead atoms. The fourth-order valence-corrected chi connectivity index (χ4v) is 1.25. The molecule has 0 aromatic heterocycles. The molecule has 0 aliphatic carbocycles. The summed E-state index contributed by atoms with van der Waals surface area (Å²) in [5, 5.41) is 8.93. The highest BCUT2D eigenvalue weighted by atomic mass is 16.5. The molecule has 0 fully saturated rings. The van der Waals surface area contributed by atoms with Gasteiger partial charge in [0.15, 0.2) is 0 Å². The number of carbonyl (C=O) groups is 1. The third kappa shape index (κ3) is 3.27. The van der Waals surface area contributed by atoms with Crippen LogP contribution in [0.3, 0.4) is 0 Å². The van der Waals surface area contributed by atoms with Crippen LogP contribution in [-0.4, -0.2) is 17.7 Å². The molecule has 0 unspecified atom stereocenters. The molecule has 1 N–H and O–H groups in total. The van der Waals surface area contributed by atoms with E-state index in [-0.39, 0.29) is 5.56 Å². The number of carboxylic acid groups (broad SMARTS) is 1. The van der Waals surface area contributed by atoms with Crippen LogP contribution in [-0.2, 0) is 0 Å². The van der Waals surface area contributed by atoms with Crippen molar-refractivity contribution in [3.8, 4) is 5.75 Å². The van der Waals surface area contributed by atoms with Gasteiger partial charge < -0.3 is 9.84 Å². The van der Waals surface area contributed by atoms with Gasteiger partial charge in [0.25, 0.3) is 0 Å². The van der Waals surface area contributed by atoms with E-state index < -0.39 is 5.97 Å². The second-order valence-electron chi connectivity index (χ2n) is 3.51. The minimum absolute atomic E-state index is 0.233. The fraction of sp³-hybridized carbons (Fsp3) is 0.417. The lowest BCUT2D eigenvalue weighted by atomic mass is 10.1. The molecule has 0 saturated carbocycles. The molecule has 0 aliphatic rings. The molecule has 3 nitrogen and oxygen atoms in total. The highest BCUT2D eigenvalue weighted by Gasteiger charge is 2.10. The number of aryl methyl sites for hydroxylation is 1. The smallest absolute Gasteiger partial charge is 0.339 e. The molecule has 0 aliphatic heterocycles. The number of hydrogen-bond acceptors (Lipinski definition) is 2. The normalized spacial score (nSPS) is 10.0. The van der Waals surface area contributed by atoms with Crippen molar-refractivity contribution < 1.29 is 14.6 Å². The van der Waals surface area contributed by atoms with Crippen LogP contribution < -0.4 is 4.74 Å². The average Bonchev–Trinajstić information content (AvgIpc) is 2.18. The van der Waals surface area contributed by atoms with Gasteiger partial charge in [-0.2, -0.15) is 0 Å². The number of aromatic carboxylic acids is 1. The van der Waals surface area contributed by atoms with Crippen molar-refractivity contribution in [3.05, 3.63) is 29.3 Å². The second kappa shape index (κ2) is 5.39. The van der Waals surface area contributed by atoms with Crippen molar-refractivity contribution >= 4 is 5.97 Å². The molecule has 1 aromatic carbocycles. The van der Waals surface area contributed by atoms with Crippen LogP contribution in [0.15, 0.2) is 18.2 Å². The van der Waals surface area contributed by atoms with Gasteiger partial charge in [0.05, 0.1) is 6.61 Å². The minimum Gasteiger partial charge on any atom is -0.493 e. The second-order valence-corrected chi connectivity index (χ2v) is 3.51. The van der Waals surface area contributed by atoms with E-state index in [0.29, 0.717) is 12.4 Å². The van der Waals surface area contributed by atoms with Crippen LogP contribution >= 0.6 is 0 Å². The van der Waals surface area contributed by atoms with Gasteiger partial charge in [0.2, 0.25) is 0 Å². The van der Waals surface area contributed by atoms with Crippen molar-refractivity contribution in [1.82, 2.24) is 0 Å². The monoisotopic (exact) mass is 208 g/mol. The first kappa shape index (κ1) is 11.6. The summed E-state index contributed by atoms with van der Waals surface area (Å²) in [5.41, 5.74) is 1.24. The van der Waals surface area contributed by atoms with Gasteiger partial charge in [-0.05, 0) is 31.0 Å². The summed E-state index contributed by atoms with van der Waals surface area (Å²) in [6.07, 6.45) is 1.97. The molecule has 82 valence electrons. The zero-order valence-corrected chi connectivity index (χ0v) is 9.12. The third-order valence-electron chi connectivity index (χ3n) is 2.12. The molecule has 1 rings (SSSR count). The summed E-state index contributed by atoms with van der Waals surface area (Å²) in [4.78, 5) is 10.9. The summed E-state index contributed by atoms with van der Waals surface area (Å²) < 4.78 is 5.44. The Hall–Kier alpha value is -1.51. The fourth-order valence-electron chi connectivity index (χ4n) is 1.25. The predicted octanol–water partition coefficient (Wildman–Crippen LogP) is 2.87. The van der Waals surface area contributed by atoms with Gasteiger partial charge >= 0.3 is 5.97 Å². The summed E-state index contributed by atoms with van der Waals surface area (Å²) in [7, 11) is 0. The Labute approximate surface area is 89.7 Å². The van der Waals surface area contributed by atoms with E-state index in [1.807, 2.05) is 6.92 Å². The standard InChI is InChI=1S/C12H16O3/c1-3-4-7-15-11-8-9(2)5-6-10(11)12(13)14/h5-6,8H,3-4,7H2,1-2H3,(H,13,14). The zero-order valence-electron chi connectivity index (χ0n) is 9.12. The molecule has 0 heterocycles. The molecule has 1 aromatic rings. The Morgan fingerprint density at radius 2 is 2.20 bits per heavy atom.